The summed E-state index contributed by atoms with van der Waals surface area (Å²) in [6.45, 7) is 2.82. The standard InChI is InChI=1S/C21H25ClN4OS/c1-24(15-17-9-4-3-5-10-17)16-26-21(28)25(13-8-14-27-2)20(23-26)18-11-6-7-12-19(18)22/h3-7,9-12H,8,13-16H2,1-2H3. The second kappa shape index (κ2) is 9.98. The van der Waals surface area contributed by atoms with Crippen LogP contribution in [0.2, 0.25) is 5.02 Å². The first-order valence-corrected chi connectivity index (χ1v) is 10.0. The lowest BCUT2D eigenvalue weighted by Crippen LogP contribution is -2.22. The van der Waals surface area contributed by atoms with E-state index < -0.39 is 0 Å². The molecule has 0 bridgehead atoms. The van der Waals surface area contributed by atoms with Crippen LogP contribution in [0, 0.1) is 4.77 Å². The normalized spacial score (nSPS) is 11.3. The average Bonchev–Trinajstić information content (AvgIpc) is 2.99. The van der Waals surface area contributed by atoms with Gasteiger partial charge >= 0.3 is 0 Å². The Morgan fingerprint density at radius 1 is 1.11 bits per heavy atom. The van der Waals surface area contributed by atoms with Crippen LogP contribution in [0.15, 0.2) is 54.6 Å². The molecular weight excluding hydrogens is 392 g/mol. The summed E-state index contributed by atoms with van der Waals surface area (Å²) in [5.74, 6) is 0.791. The number of nitrogens with zero attached hydrogens (tertiary/aromatic N) is 4. The van der Waals surface area contributed by atoms with Crippen molar-refractivity contribution in [1.29, 1.82) is 0 Å². The minimum Gasteiger partial charge on any atom is -0.385 e. The molecule has 1 heterocycles. The predicted molar refractivity (Wildman–Crippen MR) is 116 cm³/mol. The van der Waals surface area contributed by atoms with E-state index >= 15 is 0 Å². The lowest BCUT2D eigenvalue weighted by molar-refractivity contribution is 0.190. The SMILES string of the molecule is COCCCn1c(-c2ccccc2Cl)nn(CN(C)Cc2ccccc2)c1=S. The van der Waals surface area contributed by atoms with E-state index in [1.165, 1.54) is 5.56 Å². The maximum absolute atomic E-state index is 6.44. The molecule has 0 fully saturated rings. The Kier molecular flexibility index (Phi) is 7.39. The van der Waals surface area contributed by atoms with Crippen LogP contribution in [0.5, 0.6) is 0 Å². The summed E-state index contributed by atoms with van der Waals surface area (Å²) in [7, 11) is 3.77. The van der Waals surface area contributed by atoms with Gasteiger partial charge in [0.2, 0.25) is 0 Å². The van der Waals surface area contributed by atoms with E-state index in [4.69, 9.17) is 33.7 Å². The van der Waals surface area contributed by atoms with Gasteiger partial charge < -0.3 is 4.74 Å². The molecule has 3 aromatic rings. The summed E-state index contributed by atoms with van der Waals surface area (Å²) < 4.78 is 9.80. The van der Waals surface area contributed by atoms with Gasteiger partial charge in [-0.1, -0.05) is 54.1 Å². The zero-order valence-electron chi connectivity index (χ0n) is 16.2. The third kappa shape index (κ3) is 5.08. The third-order valence-corrected chi connectivity index (χ3v) is 5.20. The van der Waals surface area contributed by atoms with Crippen molar-refractivity contribution in [2.24, 2.45) is 0 Å². The fraction of sp³-hybridized carbons (Fsp3) is 0.333. The number of methoxy groups -OCH3 is 1. The Morgan fingerprint density at radius 2 is 1.82 bits per heavy atom. The molecule has 5 nitrogen and oxygen atoms in total. The van der Waals surface area contributed by atoms with E-state index in [2.05, 4.69) is 36.2 Å². The molecule has 3 rings (SSSR count). The molecule has 0 spiro atoms. The molecule has 0 unspecified atom stereocenters. The minimum atomic E-state index is 0.600. The molecule has 0 saturated heterocycles. The molecule has 0 aliphatic heterocycles. The average molecular weight is 417 g/mol. The fourth-order valence-electron chi connectivity index (χ4n) is 3.12. The van der Waals surface area contributed by atoms with Crippen LogP contribution in [0.25, 0.3) is 11.4 Å². The van der Waals surface area contributed by atoms with Crippen molar-refractivity contribution in [2.45, 2.75) is 26.2 Å². The van der Waals surface area contributed by atoms with Crippen molar-refractivity contribution in [3.05, 3.63) is 70.0 Å². The zero-order valence-corrected chi connectivity index (χ0v) is 17.8. The van der Waals surface area contributed by atoms with Crippen LogP contribution in [-0.2, 0) is 24.5 Å². The van der Waals surface area contributed by atoms with Crippen molar-refractivity contribution >= 4 is 23.8 Å². The number of aromatic nitrogens is 3. The molecule has 0 saturated carbocycles. The minimum absolute atomic E-state index is 0.600. The highest BCUT2D eigenvalue weighted by Crippen LogP contribution is 2.27. The van der Waals surface area contributed by atoms with Gasteiger partial charge in [-0.2, -0.15) is 5.10 Å². The molecular formula is C21H25ClN4OS. The largest absolute Gasteiger partial charge is 0.385 e. The van der Waals surface area contributed by atoms with Gasteiger partial charge in [-0.3, -0.25) is 9.47 Å². The van der Waals surface area contributed by atoms with Crippen LogP contribution in [-0.4, -0.2) is 40.0 Å². The molecule has 2 aromatic carbocycles. The molecule has 148 valence electrons. The van der Waals surface area contributed by atoms with Crippen LogP contribution in [0.4, 0.5) is 0 Å². The highest BCUT2D eigenvalue weighted by molar-refractivity contribution is 7.71. The number of benzene rings is 2. The summed E-state index contributed by atoms with van der Waals surface area (Å²) in [6.07, 6.45) is 0.855. The van der Waals surface area contributed by atoms with Crippen LogP contribution in [0.3, 0.4) is 0 Å². The summed E-state index contributed by atoms with van der Waals surface area (Å²) in [5.41, 5.74) is 2.14. The second-order valence-electron chi connectivity index (χ2n) is 6.72. The van der Waals surface area contributed by atoms with Crippen LogP contribution in [0.1, 0.15) is 12.0 Å². The highest BCUT2D eigenvalue weighted by Gasteiger charge is 2.16. The highest BCUT2D eigenvalue weighted by atomic mass is 35.5. The van der Waals surface area contributed by atoms with E-state index in [1.807, 2.05) is 39.6 Å². The van der Waals surface area contributed by atoms with Crippen molar-refractivity contribution in [3.63, 3.8) is 0 Å². The molecule has 7 heteroatoms. The quantitative estimate of drug-likeness (QED) is 0.368. The fourth-order valence-corrected chi connectivity index (χ4v) is 3.61. The van der Waals surface area contributed by atoms with E-state index in [0.717, 1.165) is 30.9 Å². The van der Waals surface area contributed by atoms with E-state index in [1.54, 1.807) is 7.11 Å². The van der Waals surface area contributed by atoms with Gasteiger partial charge in [0.25, 0.3) is 0 Å². The first kappa shape index (κ1) is 20.7. The Labute approximate surface area is 176 Å². The van der Waals surface area contributed by atoms with E-state index in [-0.39, 0.29) is 0 Å². The van der Waals surface area contributed by atoms with Gasteiger partial charge in [-0.05, 0) is 43.4 Å². The predicted octanol–water partition coefficient (Wildman–Crippen LogP) is 4.86. The number of ether oxygens (including phenoxy) is 1. The van der Waals surface area contributed by atoms with Crippen molar-refractivity contribution in [1.82, 2.24) is 19.2 Å². The molecule has 0 aliphatic carbocycles. The maximum Gasteiger partial charge on any atom is 0.199 e. The molecule has 0 aliphatic rings. The molecule has 1 aromatic heterocycles. The summed E-state index contributed by atoms with van der Waals surface area (Å²) in [4.78, 5) is 2.19. The van der Waals surface area contributed by atoms with Gasteiger partial charge in [-0.15, -0.1) is 0 Å². The summed E-state index contributed by atoms with van der Waals surface area (Å²) >= 11 is 12.2. The number of rotatable bonds is 9. The Hall–Kier alpha value is -1.99. The maximum atomic E-state index is 6.44. The van der Waals surface area contributed by atoms with Gasteiger partial charge in [0.15, 0.2) is 10.6 Å². The van der Waals surface area contributed by atoms with E-state index in [0.29, 0.717) is 23.1 Å². The monoisotopic (exact) mass is 416 g/mol. The Morgan fingerprint density at radius 3 is 2.54 bits per heavy atom. The summed E-state index contributed by atoms with van der Waals surface area (Å²) in [5, 5.41) is 5.48. The first-order valence-electron chi connectivity index (χ1n) is 9.24. The second-order valence-corrected chi connectivity index (χ2v) is 7.50. The van der Waals surface area contributed by atoms with Gasteiger partial charge in [-0.25, -0.2) is 4.68 Å². The third-order valence-electron chi connectivity index (χ3n) is 4.44. The number of halogens is 1. The lowest BCUT2D eigenvalue weighted by atomic mass is 10.2. The zero-order chi connectivity index (χ0) is 19.9. The van der Waals surface area contributed by atoms with Gasteiger partial charge in [0.1, 0.15) is 0 Å². The molecule has 0 radical (unpaired) electrons. The van der Waals surface area contributed by atoms with Crippen molar-refractivity contribution < 1.29 is 4.74 Å². The topological polar surface area (TPSA) is 35.2 Å². The van der Waals surface area contributed by atoms with Crippen molar-refractivity contribution in [2.75, 3.05) is 20.8 Å². The smallest absolute Gasteiger partial charge is 0.199 e. The Balaban J connectivity index is 1.88. The molecule has 28 heavy (non-hydrogen) atoms. The van der Waals surface area contributed by atoms with E-state index in [9.17, 15) is 0 Å². The molecule has 0 atom stereocenters. The van der Waals surface area contributed by atoms with Gasteiger partial charge in [0, 0.05) is 32.4 Å². The number of hydrogen-bond donors (Lipinski definition) is 0. The lowest BCUT2D eigenvalue weighted by Gasteiger charge is -2.16. The van der Waals surface area contributed by atoms with Crippen LogP contribution < -0.4 is 0 Å². The van der Waals surface area contributed by atoms with Crippen molar-refractivity contribution in [3.8, 4) is 11.4 Å². The van der Waals surface area contributed by atoms with Gasteiger partial charge in [0.05, 0.1) is 11.7 Å². The molecule has 0 amide bonds. The number of hydrogen-bond acceptors (Lipinski definition) is 4. The Bertz CT molecular complexity index is 955. The first-order chi connectivity index (χ1) is 13.6. The van der Waals surface area contributed by atoms with Crippen LogP contribution >= 0.6 is 23.8 Å². The summed E-state index contributed by atoms with van der Waals surface area (Å²) in [6, 6.07) is 18.1. The molecule has 0 N–H and O–H groups in total.